The molecule has 3 N–H and O–H groups in total. The molecule has 166 valence electrons. The van der Waals surface area contributed by atoms with E-state index >= 15 is 0 Å². The largest absolute Gasteiger partial charge is 0.384 e. The van der Waals surface area contributed by atoms with Crippen molar-refractivity contribution >= 4 is 34.0 Å². The van der Waals surface area contributed by atoms with Crippen LogP contribution in [0.15, 0.2) is 60.1 Å². The number of alkyl halides is 1. The number of halogens is 2. The standard InChI is InChI=1S/C24H31ClFN5/c1-4-6-19(26)7-5-10-28-24(17(2)3)31-13-11-30(12-14-31)22-16-23(27)29-21-15-18(25)8-9-20(21)22/h4-6,8-10,15-16,19,28H,7,11-14H2,1-3H3,(H2,27,29)/b6-4-,10-5+. The highest BCUT2D eigenvalue weighted by atomic mass is 35.5. The Bertz CT molecular complexity index is 984. The number of aromatic nitrogens is 1. The lowest BCUT2D eigenvalue weighted by Crippen LogP contribution is -2.48. The number of nitrogens with one attached hydrogen (secondary N) is 1. The van der Waals surface area contributed by atoms with E-state index in [1.54, 1.807) is 12.2 Å². The molecule has 2 aromatic rings. The highest BCUT2D eigenvalue weighted by Gasteiger charge is 2.21. The van der Waals surface area contributed by atoms with E-state index in [-0.39, 0.29) is 0 Å². The number of piperazine rings is 1. The maximum Gasteiger partial charge on any atom is 0.126 e. The second-order valence-corrected chi connectivity index (χ2v) is 8.31. The lowest BCUT2D eigenvalue weighted by molar-refractivity contribution is 0.304. The number of nitrogen functional groups attached to an aromatic ring is 1. The number of pyridine rings is 1. The molecule has 0 bridgehead atoms. The van der Waals surface area contributed by atoms with Crippen LogP contribution in [0.5, 0.6) is 0 Å². The summed E-state index contributed by atoms with van der Waals surface area (Å²) in [5, 5.41) is 5.06. The molecule has 0 spiro atoms. The maximum absolute atomic E-state index is 13.6. The van der Waals surface area contributed by atoms with Crippen molar-refractivity contribution in [2.75, 3.05) is 36.8 Å². The summed E-state index contributed by atoms with van der Waals surface area (Å²) >= 11 is 6.14. The van der Waals surface area contributed by atoms with Crippen molar-refractivity contribution in [2.24, 2.45) is 0 Å². The number of benzene rings is 1. The fourth-order valence-corrected chi connectivity index (χ4v) is 3.98. The van der Waals surface area contributed by atoms with Crippen LogP contribution in [0.3, 0.4) is 0 Å². The zero-order valence-corrected chi connectivity index (χ0v) is 19.2. The molecule has 1 aromatic heterocycles. The van der Waals surface area contributed by atoms with Crippen molar-refractivity contribution in [2.45, 2.75) is 33.4 Å². The zero-order chi connectivity index (χ0) is 22.4. The van der Waals surface area contributed by atoms with Gasteiger partial charge in [0.15, 0.2) is 0 Å². The smallest absolute Gasteiger partial charge is 0.126 e. The normalized spacial score (nSPS) is 15.8. The number of allylic oxidation sites excluding steroid dienone is 4. The van der Waals surface area contributed by atoms with Gasteiger partial charge in [0.1, 0.15) is 17.8 Å². The van der Waals surface area contributed by atoms with Crippen LogP contribution in [-0.4, -0.2) is 42.2 Å². The number of rotatable bonds is 7. The van der Waals surface area contributed by atoms with E-state index in [9.17, 15) is 4.39 Å². The number of fused-ring (bicyclic) bond motifs is 1. The van der Waals surface area contributed by atoms with Gasteiger partial charge in [-0.25, -0.2) is 9.37 Å². The van der Waals surface area contributed by atoms with E-state index in [1.165, 1.54) is 5.57 Å². The number of nitrogens with two attached hydrogens (primary N) is 1. The highest BCUT2D eigenvalue weighted by Crippen LogP contribution is 2.30. The highest BCUT2D eigenvalue weighted by molar-refractivity contribution is 6.31. The molecule has 3 rings (SSSR count). The zero-order valence-electron chi connectivity index (χ0n) is 18.4. The molecular weight excluding hydrogens is 413 g/mol. The Hall–Kier alpha value is -2.73. The summed E-state index contributed by atoms with van der Waals surface area (Å²) in [5.74, 6) is 1.57. The molecule has 1 aliphatic rings. The molecular formula is C24H31ClFN5. The summed E-state index contributed by atoms with van der Waals surface area (Å²) in [6, 6.07) is 7.68. The third-order valence-electron chi connectivity index (χ3n) is 5.28. The molecule has 1 fully saturated rings. The Morgan fingerprint density at radius 3 is 2.68 bits per heavy atom. The maximum atomic E-state index is 13.6. The van der Waals surface area contributed by atoms with Crippen LogP contribution >= 0.6 is 11.6 Å². The van der Waals surface area contributed by atoms with E-state index < -0.39 is 6.17 Å². The molecule has 1 aliphatic heterocycles. The summed E-state index contributed by atoms with van der Waals surface area (Å²) in [6.07, 6.45) is 6.39. The van der Waals surface area contributed by atoms with Crippen LogP contribution in [0.4, 0.5) is 15.9 Å². The van der Waals surface area contributed by atoms with Gasteiger partial charge >= 0.3 is 0 Å². The molecule has 7 heteroatoms. The van der Waals surface area contributed by atoms with Gasteiger partial charge in [-0.1, -0.05) is 29.8 Å². The van der Waals surface area contributed by atoms with Crippen molar-refractivity contribution in [1.82, 2.24) is 15.2 Å². The van der Waals surface area contributed by atoms with Crippen LogP contribution in [-0.2, 0) is 0 Å². The number of hydrogen-bond acceptors (Lipinski definition) is 5. The summed E-state index contributed by atoms with van der Waals surface area (Å²) in [7, 11) is 0. The first kappa shape index (κ1) is 22.9. The van der Waals surface area contributed by atoms with Crippen molar-refractivity contribution in [3.63, 3.8) is 0 Å². The fraction of sp³-hybridized carbons (Fsp3) is 0.375. The van der Waals surface area contributed by atoms with E-state index in [0.29, 0.717) is 17.3 Å². The molecule has 5 nitrogen and oxygen atoms in total. The summed E-state index contributed by atoms with van der Waals surface area (Å²) in [5.41, 5.74) is 9.15. The van der Waals surface area contributed by atoms with Crippen molar-refractivity contribution in [1.29, 1.82) is 0 Å². The first-order chi connectivity index (χ1) is 14.9. The first-order valence-corrected chi connectivity index (χ1v) is 11.0. The Labute approximate surface area is 189 Å². The van der Waals surface area contributed by atoms with Gasteiger partial charge in [-0.15, -0.1) is 0 Å². The third-order valence-corrected chi connectivity index (χ3v) is 5.52. The van der Waals surface area contributed by atoms with Crippen LogP contribution in [0.25, 0.3) is 10.9 Å². The second kappa shape index (κ2) is 10.5. The minimum Gasteiger partial charge on any atom is -0.384 e. The summed E-state index contributed by atoms with van der Waals surface area (Å²) in [4.78, 5) is 9.10. The topological polar surface area (TPSA) is 57.4 Å². The van der Waals surface area contributed by atoms with Gasteiger partial charge in [-0.05, 0) is 50.7 Å². The van der Waals surface area contributed by atoms with Gasteiger partial charge in [0.05, 0.1) is 5.52 Å². The minimum atomic E-state index is -0.945. The fourth-order valence-electron chi connectivity index (χ4n) is 3.81. The van der Waals surface area contributed by atoms with Crippen LogP contribution in [0.2, 0.25) is 5.02 Å². The van der Waals surface area contributed by atoms with E-state index in [2.05, 4.69) is 33.9 Å². The molecule has 31 heavy (non-hydrogen) atoms. The number of nitrogens with zero attached hydrogens (tertiary/aromatic N) is 3. The first-order valence-electron chi connectivity index (χ1n) is 10.6. The van der Waals surface area contributed by atoms with Crippen molar-refractivity contribution < 1.29 is 4.39 Å². The Morgan fingerprint density at radius 1 is 1.26 bits per heavy atom. The van der Waals surface area contributed by atoms with E-state index in [0.717, 1.165) is 48.6 Å². The van der Waals surface area contributed by atoms with Crippen molar-refractivity contribution in [3.05, 3.63) is 65.1 Å². The predicted molar refractivity (Wildman–Crippen MR) is 130 cm³/mol. The molecule has 1 saturated heterocycles. The van der Waals surface area contributed by atoms with Gasteiger partial charge in [0.2, 0.25) is 0 Å². The average molecular weight is 444 g/mol. The number of anilines is 2. The second-order valence-electron chi connectivity index (χ2n) is 7.87. The average Bonchev–Trinajstić information content (AvgIpc) is 2.73. The SMILES string of the molecule is C/C=C\C(F)C/C=C/NC(=C(C)C)N1CCN(c2cc(N)nc3cc(Cl)ccc23)CC1. The van der Waals surface area contributed by atoms with Crippen molar-refractivity contribution in [3.8, 4) is 0 Å². The van der Waals surface area contributed by atoms with Gasteiger partial charge < -0.3 is 20.9 Å². The molecule has 2 heterocycles. The summed E-state index contributed by atoms with van der Waals surface area (Å²) in [6.45, 7) is 9.44. The molecule has 0 aliphatic carbocycles. The van der Waals surface area contributed by atoms with Crippen LogP contribution < -0.4 is 16.0 Å². The van der Waals surface area contributed by atoms with Gasteiger partial charge in [0, 0.05) is 54.8 Å². The Kier molecular flexibility index (Phi) is 7.80. The van der Waals surface area contributed by atoms with Crippen LogP contribution in [0, 0.1) is 0 Å². The van der Waals surface area contributed by atoms with E-state index in [1.807, 2.05) is 43.5 Å². The quantitative estimate of drug-likeness (QED) is 0.572. The third kappa shape index (κ3) is 5.91. The molecule has 0 saturated carbocycles. The Morgan fingerprint density at radius 2 is 2.00 bits per heavy atom. The van der Waals surface area contributed by atoms with Crippen LogP contribution in [0.1, 0.15) is 27.2 Å². The molecule has 1 atom stereocenters. The lowest BCUT2D eigenvalue weighted by atomic mass is 10.1. The van der Waals surface area contributed by atoms with Gasteiger partial charge in [0.25, 0.3) is 0 Å². The van der Waals surface area contributed by atoms with E-state index in [4.69, 9.17) is 17.3 Å². The molecule has 0 radical (unpaired) electrons. The molecule has 0 amide bonds. The number of hydrogen-bond donors (Lipinski definition) is 2. The predicted octanol–water partition coefficient (Wildman–Crippen LogP) is 5.25. The minimum absolute atomic E-state index is 0.363. The summed E-state index contributed by atoms with van der Waals surface area (Å²) < 4.78 is 13.6. The lowest BCUT2D eigenvalue weighted by Gasteiger charge is -2.39. The molecule has 1 aromatic carbocycles. The monoisotopic (exact) mass is 443 g/mol. The molecule has 1 unspecified atom stereocenters. The Balaban J connectivity index is 1.67. The van der Waals surface area contributed by atoms with Gasteiger partial charge in [-0.2, -0.15) is 0 Å². The van der Waals surface area contributed by atoms with Gasteiger partial charge in [-0.3, -0.25) is 0 Å².